The Hall–Kier alpha value is -0.200. The fraction of sp³-hybridized carbons (Fsp3) is 1.00. The lowest BCUT2D eigenvalue weighted by Crippen LogP contribution is -2.58. The van der Waals surface area contributed by atoms with E-state index < -0.39 is 12.2 Å². The third-order valence-electron chi connectivity index (χ3n) is 5.87. The van der Waals surface area contributed by atoms with Crippen LogP contribution in [-0.2, 0) is 4.74 Å². The molecule has 2 saturated carbocycles. The first-order valence-corrected chi connectivity index (χ1v) is 8.37. The van der Waals surface area contributed by atoms with E-state index in [-0.39, 0.29) is 24.2 Å². The van der Waals surface area contributed by atoms with Crippen molar-refractivity contribution in [2.75, 3.05) is 7.11 Å². The first-order chi connectivity index (χ1) is 10.1. The number of ether oxygens (including phenoxy) is 2. The van der Waals surface area contributed by atoms with Crippen molar-refractivity contribution in [2.24, 2.45) is 11.8 Å². The molecule has 5 heteroatoms. The molecule has 21 heavy (non-hydrogen) atoms. The molecule has 0 radical (unpaired) electrons. The maximum atomic E-state index is 10.1. The zero-order valence-electron chi connectivity index (χ0n) is 12.8. The Labute approximate surface area is 126 Å². The highest BCUT2D eigenvalue weighted by atomic mass is 16.5. The molecule has 0 aromatic rings. The summed E-state index contributed by atoms with van der Waals surface area (Å²) in [5.41, 5.74) is 0. The highest BCUT2D eigenvalue weighted by Crippen LogP contribution is 2.40. The van der Waals surface area contributed by atoms with Gasteiger partial charge in [0, 0.05) is 25.9 Å². The van der Waals surface area contributed by atoms with Crippen LogP contribution in [0.3, 0.4) is 0 Å². The normalized spacial score (nSPS) is 51.4. The molecule has 1 saturated heterocycles. The molecular formula is C16H29O5+. The van der Waals surface area contributed by atoms with Gasteiger partial charge in [-0.1, -0.05) is 0 Å². The first-order valence-electron chi connectivity index (χ1n) is 8.37. The van der Waals surface area contributed by atoms with Gasteiger partial charge in [-0.15, -0.1) is 0 Å². The van der Waals surface area contributed by atoms with E-state index in [2.05, 4.69) is 0 Å². The lowest BCUT2D eigenvalue weighted by atomic mass is 9.73. The van der Waals surface area contributed by atoms with E-state index in [1.165, 1.54) is 0 Å². The molecule has 1 heterocycles. The SMILES string of the molecule is COC1C(O)C(O)CC2[OH+]C(C3CCC(O)CC3)CCC21. The van der Waals surface area contributed by atoms with Gasteiger partial charge in [0.2, 0.25) is 0 Å². The van der Waals surface area contributed by atoms with Crippen LogP contribution in [0.1, 0.15) is 44.9 Å². The molecule has 3 rings (SSSR count). The van der Waals surface area contributed by atoms with Crippen molar-refractivity contribution in [1.82, 2.24) is 0 Å². The molecule has 0 aromatic carbocycles. The van der Waals surface area contributed by atoms with Crippen LogP contribution in [0.5, 0.6) is 0 Å². The van der Waals surface area contributed by atoms with E-state index in [1.807, 2.05) is 0 Å². The Kier molecular flexibility index (Phi) is 4.86. The topological polar surface area (TPSA) is 82.7 Å². The standard InChI is InChI=1S/C16H28O5/c1-20-16-11-6-7-13(9-2-4-10(17)5-3-9)21-14(11)8-12(18)15(16)19/h9-19H,2-8H2,1H3/p+1. The molecular weight excluding hydrogens is 272 g/mol. The van der Waals surface area contributed by atoms with Gasteiger partial charge in [-0.25, -0.2) is 0 Å². The number of rotatable bonds is 2. The number of aliphatic hydroxyl groups is 5. The number of methoxy groups -OCH3 is 1. The van der Waals surface area contributed by atoms with E-state index >= 15 is 0 Å². The number of fused-ring (bicyclic) bond motifs is 1. The number of hydrogen-bond donors (Lipinski definition) is 3. The van der Waals surface area contributed by atoms with Crippen LogP contribution in [0.25, 0.3) is 0 Å². The van der Waals surface area contributed by atoms with Crippen molar-refractivity contribution in [1.29, 1.82) is 0 Å². The lowest BCUT2D eigenvalue weighted by molar-refractivity contribution is -0.282. The van der Waals surface area contributed by atoms with E-state index in [4.69, 9.17) is 9.47 Å². The van der Waals surface area contributed by atoms with Crippen molar-refractivity contribution in [3.05, 3.63) is 0 Å². The quantitative estimate of drug-likeness (QED) is 0.643. The lowest BCUT2D eigenvalue weighted by Gasteiger charge is -2.45. The van der Waals surface area contributed by atoms with Crippen LogP contribution >= 0.6 is 0 Å². The van der Waals surface area contributed by atoms with Crippen LogP contribution < -0.4 is 0 Å². The van der Waals surface area contributed by atoms with E-state index in [1.54, 1.807) is 7.11 Å². The number of aliphatic hydroxyl groups excluding tert-OH is 3. The van der Waals surface area contributed by atoms with Gasteiger partial charge in [-0.05, 0) is 32.1 Å². The zero-order chi connectivity index (χ0) is 15.0. The van der Waals surface area contributed by atoms with Crippen LogP contribution in [0.2, 0.25) is 0 Å². The minimum Gasteiger partial charge on any atom is -0.429 e. The van der Waals surface area contributed by atoms with Crippen LogP contribution in [-0.4, -0.2) is 63.8 Å². The average Bonchev–Trinajstić information content (AvgIpc) is 2.49. The summed E-state index contributed by atoms with van der Waals surface area (Å²) in [6.45, 7) is 0. The third kappa shape index (κ3) is 3.13. The molecule has 0 amide bonds. The molecule has 2 aliphatic carbocycles. The summed E-state index contributed by atoms with van der Waals surface area (Å²) in [4.78, 5) is 0. The Balaban J connectivity index is 1.62. The average molecular weight is 301 g/mol. The maximum absolute atomic E-state index is 10.1. The third-order valence-corrected chi connectivity index (χ3v) is 5.87. The summed E-state index contributed by atoms with van der Waals surface area (Å²) in [5, 5.41) is 29.7. The van der Waals surface area contributed by atoms with Crippen molar-refractivity contribution in [2.45, 2.75) is 81.6 Å². The molecule has 6 atom stereocenters. The zero-order valence-corrected chi connectivity index (χ0v) is 12.8. The van der Waals surface area contributed by atoms with Gasteiger partial charge in [-0.3, -0.25) is 0 Å². The Bertz CT molecular complexity index is 342. The monoisotopic (exact) mass is 301 g/mol. The van der Waals surface area contributed by atoms with Gasteiger partial charge in [0.05, 0.1) is 24.2 Å². The van der Waals surface area contributed by atoms with Gasteiger partial charge < -0.3 is 24.8 Å². The largest absolute Gasteiger partial charge is 0.429 e. The Morgan fingerprint density at radius 1 is 0.905 bits per heavy atom. The van der Waals surface area contributed by atoms with E-state index in [9.17, 15) is 15.3 Å². The fourth-order valence-electron chi connectivity index (χ4n) is 4.62. The van der Waals surface area contributed by atoms with Crippen LogP contribution in [0.4, 0.5) is 0 Å². The van der Waals surface area contributed by atoms with Crippen molar-refractivity contribution >= 4 is 0 Å². The van der Waals surface area contributed by atoms with E-state index in [0.717, 1.165) is 38.5 Å². The second-order valence-corrected chi connectivity index (χ2v) is 7.09. The van der Waals surface area contributed by atoms with Gasteiger partial charge in [0.1, 0.15) is 6.10 Å². The molecule has 1 aliphatic heterocycles. The summed E-state index contributed by atoms with van der Waals surface area (Å²) >= 11 is 0. The molecule has 0 bridgehead atoms. The van der Waals surface area contributed by atoms with Gasteiger partial charge in [-0.2, -0.15) is 0 Å². The predicted molar refractivity (Wildman–Crippen MR) is 77.9 cm³/mol. The highest BCUT2D eigenvalue weighted by molar-refractivity contribution is 4.97. The van der Waals surface area contributed by atoms with Crippen molar-refractivity contribution in [3.8, 4) is 0 Å². The molecule has 4 N–H and O–H groups in total. The molecule has 3 fully saturated rings. The van der Waals surface area contributed by atoms with E-state index in [0.29, 0.717) is 18.4 Å². The molecule has 0 spiro atoms. The van der Waals surface area contributed by atoms with Crippen LogP contribution in [0, 0.1) is 11.8 Å². The Morgan fingerprint density at radius 3 is 2.29 bits per heavy atom. The molecule has 5 nitrogen and oxygen atoms in total. The molecule has 0 aromatic heterocycles. The Morgan fingerprint density at radius 2 is 1.62 bits per heavy atom. The molecule has 122 valence electrons. The summed E-state index contributed by atoms with van der Waals surface area (Å²) in [7, 11) is 1.61. The summed E-state index contributed by atoms with van der Waals surface area (Å²) < 4.78 is 10.4. The van der Waals surface area contributed by atoms with Crippen LogP contribution in [0.15, 0.2) is 0 Å². The molecule has 6 unspecified atom stereocenters. The minimum absolute atomic E-state index is 0.110. The van der Waals surface area contributed by atoms with Gasteiger partial charge >= 0.3 is 0 Å². The summed E-state index contributed by atoms with van der Waals surface area (Å²) in [6, 6.07) is 0. The van der Waals surface area contributed by atoms with Gasteiger partial charge in [0.15, 0.2) is 12.2 Å². The van der Waals surface area contributed by atoms with Gasteiger partial charge in [0.25, 0.3) is 0 Å². The maximum Gasteiger partial charge on any atom is 0.163 e. The molecule has 3 aliphatic rings. The summed E-state index contributed by atoms with van der Waals surface area (Å²) in [5.74, 6) is 0.818. The predicted octanol–water partition coefficient (Wildman–Crippen LogP) is 0.353. The highest BCUT2D eigenvalue weighted by Gasteiger charge is 2.51. The summed E-state index contributed by atoms with van der Waals surface area (Å²) in [6.07, 6.45) is 5.06. The van der Waals surface area contributed by atoms with Crippen molar-refractivity contribution < 1.29 is 24.8 Å². The first kappa shape index (κ1) is 15.7. The smallest absolute Gasteiger partial charge is 0.163 e. The second kappa shape index (κ2) is 6.50. The second-order valence-electron chi connectivity index (χ2n) is 7.09. The minimum atomic E-state index is -0.784. The number of hydrogen-bond acceptors (Lipinski definition) is 4. The van der Waals surface area contributed by atoms with Crippen molar-refractivity contribution in [3.63, 3.8) is 0 Å². The fourth-order valence-corrected chi connectivity index (χ4v) is 4.62.